The SMILES string of the molecule is CCN(C)C(N(C)C(C)N)C(F)(F)F. The maximum atomic E-state index is 12.6. The van der Waals surface area contributed by atoms with E-state index in [1.165, 1.54) is 25.9 Å². The Hall–Kier alpha value is -0.330. The van der Waals surface area contributed by atoms with Gasteiger partial charge in [-0.25, -0.2) is 0 Å². The van der Waals surface area contributed by atoms with Crippen molar-refractivity contribution in [2.45, 2.75) is 32.4 Å². The van der Waals surface area contributed by atoms with Gasteiger partial charge in [0.15, 0.2) is 6.17 Å². The van der Waals surface area contributed by atoms with Gasteiger partial charge in [-0.2, -0.15) is 13.2 Å². The smallest absolute Gasteiger partial charge is 0.316 e. The van der Waals surface area contributed by atoms with E-state index >= 15 is 0 Å². The molecular formula is C8H18F3N3. The third-order valence-electron chi connectivity index (χ3n) is 2.24. The highest BCUT2D eigenvalue weighted by molar-refractivity contribution is 4.76. The Bertz CT molecular complexity index is 170. The average Bonchev–Trinajstić information content (AvgIpc) is 2.01. The summed E-state index contributed by atoms with van der Waals surface area (Å²) in [6.07, 6.45) is -6.53. The molecule has 0 radical (unpaired) electrons. The van der Waals surface area contributed by atoms with Crippen LogP contribution in [0.3, 0.4) is 0 Å². The predicted molar refractivity (Wildman–Crippen MR) is 49.6 cm³/mol. The van der Waals surface area contributed by atoms with Crippen LogP contribution in [0.5, 0.6) is 0 Å². The molecule has 0 aliphatic heterocycles. The lowest BCUT2D eigenvalue weighted by Crippen LogP contribution is -2.58. The summed E-state index contributed by atoms with van der Waals surface area (Å²) in [5, 5.41) is 0. The number of nitrogens with two attached hydrogens (primary N) is 1. The van der Waals surface area contributed by atoms with Crippen molar-refractivity contribution in [2.75, 3.05) is 20.6 Å². The predicted octanol–water partition coefficient (Wildman–Crippen LogP) is 1.06. The first-order chi connectivity index (χ1) is 6.21. The van der Waals surface area contributed by atoms with Gasteiger partial charge in [-0.3, -0.25) is 9.80 Å². The summed E-state index contributed by atoms with van der Waals surface area (Å²) >= 11 is 0. The lowest BCUT2D eigenvalue weighted by atomic mass is 10.3. The minimum Gasteiger partial charge on any atom is -0.316 e. The van der Waals surface area contributed by atoms with Crippen LogP contribution in [0.1, 0.15) is 13.8 Å². The topological polar surface area (TPSA) is 32.5 Å². The third kappa shape index (κ3) is 3.43. The molecule has 0 aromatic carbocycles. The van der Waals surface area contributed by atoms with Gasteiger partial charge in [0, 0.05) is 0 Å². The Kier molecular flexibility index (Phi) is 4.83. The van der Waals surface area contributed by atoms with Gasteiger partial charge in [-0.1, -0.05) is 6.92 Å². The van der Waals surface area contributed by atoms with Gasteiger partial charge >= 0.3 is 6.18 Å². The van der Waals surface area contributed by atoms with Crippen molar-refractivity contribution in [3.8, 4) is 0 Å². The average molecular weight is 213 g/mol. The Labute approximate surface area is 82.7 Å². The Balaban J connectivity index is 4.73. The van der Waals surface area contributed by atoms with E-state index in [-0.39, 0.29) is 0 Å². The van der Waals surface area contributed by atoms with Crippen molar-refractivity contribution in [1.82, 2.24) is 9.80 Å². The van der Waals surface area contributed by atoms with Gasteiger partial charge in [0.25, 0.3) is 0 Å². The van der Waals surface area contributed by atoms with E-state index in [0.29, 0.717) is 6.54 Å². The zero-order valence-corrected chi connectivity index (χ0v) is 8.97. The normalized spacial score (nSPS) is 17.6. The zero-order valence-electron chi connectivity index (χ0n) is 8.97. The minimum absolute atomic E-state index is 0.321. The van der Waals surface area contributed by atoms with E-state index in [4.69, 9.17) is 5.73 Å². The van der Waals surface area contributed by atoms with Crippen LogP contribution in [0, 0.1) is 0 Å². The first-order valence-corrected chi connectivity index (χ1v) is 4.46. The lowest BCUT2D eigenvalue weighted by Gasteiger charge is -2.37. The summed E-state index contributed by atoms with van der Waals surface area (Å²) < 4.78 is 37.9. The molecule has 0 aromatic heterocycles. The van der Waals surface area contributed by atoms with Gasteiger partial charge in [0.2, 0.25) is 0 Å². The minimum atomic E-state index is -4.28. The molecule has 0 heterocycles. The highest BCUT2D eigenvalue weighted by Gasteiger charge is 2.45. The molecule has 0 amide bonds. The summed E-state index contributed by atoms with van der Waals surface area (Å²) in [5.74, 6) is 0. The van der Waals surface area contributed by atoms with Crippen molar-refractivity contribution >= 4 is 0 Å². The van der Waals surface area contributed by atoms with Gasteiger partial charge in [0.1, 0.15) is 0 Å². The fourth-order valence-corrected chi connectivity index (χ4v) is 1.19. The Morgan fingerprint density at radius 3 is 1.93 bits per heavy atom. The summed E-state index contributed by atoms with van der Waals surface area (Å²) in [6, 6.07) is 0. The second-order valence-corrected chi connectivity index (χ2v) is 3.39. The van der Waals surface area contributed by atoms with Crippen LogP contribution < -0.4 is 5.73 Å². The van der Waals surface area contributed by atoms with Crippen molar-refractivity contribution in [3.05, 3.63) is 0 Å². The molecule has 2 atom stereocenters. The molecule has 0 bridgehead atoms. The lowest BCUT2D eigenvalue weighted by molar-refractivity contribution is -0.222. The zero-order chi connectivity index (χ0) is 11.5. The van der Waals surface area contributed by atoms with E-state index in [1.807, 2.05) is 0 Å². The number of nitrogens with zero attached hydrogens (tertiary/aromatic N) is 2. The number of hydrogen-bond acceptors (Lipinski definition) is 3. The second-order valence-electron chi connectivity index (χ2n) is 3.39. The second kappa shape index (κ2) is 4.95. The number of halogens is 3. The number of rotatable bonds is 4. The van der Waals surface area contributed by atoms with E-state index in [2.05, 4.69) is 0 Å². The van der Waals surface area contributed by atoms with E-state index in [0.717, 1.165) is 4.90 Å². The van der Waals surface area contributed by atoms with Gasteiger partial charge in [0.05, 0.1) is 6.17 Å². The van der Waals surface area contributed by atoms with Crippen LogP contribution in [0.25, 0.3) is 0 Å². The maximum Gasteiger partial charge on any atom is 0.417 e. The molecule has 0 aliphatic carbocycles. The molecule has 86 valence electrons. The molecule has 14 heavy (non-hydrogen) atoms. The molecule has 6 heteroatoms. The quantitative estimate of drug-likeness (QED) is 0.709. The molecule has 0 fully saturated rings. The highest BCUT2D eigenvalue weighted by atomic mass is 19.4. The van der Waals surface area contributed by atoms with Crippen LogP contribution >= 0.6 is 0 Å². The number of alkyl halides is 3. The van der Waals surface area contributed by atoms with E-state index in [1.54, 1.807) is 6.92 Å². The summed E-state index contributed by atoms with van der Waals surface area (Å²) in [6.45, 7) is 3.53. The van der Waals surface area contributed by atoms with Crippen LogP contribution in [0.15, 0.2) is 0 Å². The highest BCUT2D eigenvalue weighted by Crippen LogP contribution is 2.26. The Morgan fingerprint density at radius 2 is 1.71 bits per heavy atom. The summed E-state index contributed by atoms with van der Waals surface area (Å²) in [5.41, 5.74) is 5.43. The Morgan fingerprint density at radius 1 is 1.29 bits per heavy atom. The first-order valence-electron chi connectivity index (χ1n) is 4.46. The van der Waals surface area contributed by atoms with Crippen LogP contribution in [-0.2, 0) is 0 Å². The molecule has 0 saturated heterocycles. The molecular weight excluding hydrogens is 195 g/mol. The molecule has 0 aliphatic rings. The van der Waals surface area contributed by atoms with E-state index < -0.39 is 18.5 Å². The van der Waals surface area contributed by atoms with E-state index in [9.17, 15) is 13.2 Å². The van der Waals surface area contributed by atoms with Crippen LogP contribution in [0.2, 0.25) is 0 Å². The van der Waals surface area contributed by atoms with Gasteiger partial charge in [-0.15, -0.1) is 0 Å². The molecule has 2 unspecified atom stereocenters. The van der Waals surface area contributed by atoms with Crippen molar-refractivity contribution in [1.29, 1.82) is 0 Å². The fraction of sp³-hybridized carbons (Fsp3) is 1.00. The monoisotopic (exact) mass is 213 g/mol. The van der Waals surface area contributed by atoms with Crippen molar-refractivity contribution in [3.63, 3.8) is 0 Å². The molecule has 0 spiro atoms. The molecule has 0 aromatic rings. The van der Waals surface area contributed by atoms with Gasteiger partial charge in [-0.05, 0) is 27.6 Å². The van der Waals surface area contributed by atoms with Crippen molar-refractivity contribution in [2.24, 2.45) is 5.73 Å². The molecule has 0 rings (SSSR count). The maximum absolute atomic E-state index is 12.6. The summed E-state index contributed by atoms with van der Waals surface area (Å²) in [7, 11) is 2.80. The largest absolute Gasteiger partial charge is 0.417 e. The molecule has 0 saturated carbocycles. The van der Waals surface area contributed by atoms with Gasteiger partial charge < -0.3 is 5.73 Å². The van der Waals surface area contributed by atoms with Crippen LogP contribution in [0.4, 0.5) is 13.2 Å². The molecule has 2 N–H and O–H groups in total. The molecule has 3 nitrogen and oxygen atoms in total. The first kappa shape index (κ1) is 13.7. The van der Waals surface area contributed by atoms with Crippen LogP contribution in [-0.4, -0.2) is 48.9 Å². The standard InChI is InChI=1S/C8H18F3N3/c1-5-13(3)7(8(9,10)11)14(4)6(2)12/h6-7H,5,12H2,1-4H3. The number of hydrogen-bond donors (Lipinski definition) is 1. The third-order valence-corrected chi connectivity index (χ3v) is 2.24. The fourth-order valence-electron chi connectivity index (χ4n) is 1.19. The van der Waals surface area contributed by atoms with Crippen molar-refractivity contribution < 1.29 is 13.2 Å². The summed E-state index contributed by atoms with van der Waals surface area (Å²) in [4.78, 5) is 2.31.